The topological polar surface area (TPSA) is 56.8 Å². The van der Waals surface area contributed by atoms with E-state index in [0.29, 0.717) is 24.3 Å². The summed E-state index contributed by atoms with van der Waals surface area (Å²) in [6, 6.07) is 13.3. The largest absolute Gasteiger partial charge is 0.497 e. The van der Waals surface area contributed by atoms with Crippen LogP contribution in [0.15, 0.2) is 42.5 Å². The van der Waals surface area contributed by atoms with Crippen LogP contribution in [-0.4, -0.2) is 24.7 Å². The number of hydrogen-bond donors (Lipinski definition) is 1. The molecule has 0 fully saturated rings. The Morgan fingerprint density at radius 3 is 2.71 bits per heavy atom. The minimum atomic E-state index is -0.577. The molecule has 5 nitrogen and oxygen atoms in total. The van der Waals surface area contributed by atoms with Gasteiger partial charge in [-0.2, -0.15) is 0 Å². The molecule has 1 aliphatic heterocycles. The molecule has 5 heteroatoms. The van der Waals surface area contributed by atoms with Crippen LogP contribution >= 0.6 is 0 Å². The predicted octanol–water partition coefficient (Wildman–Crippen LogP) is 4.58. The highest BCUT2D eigenvalue weighted by atomic mass is 16.5. The van der Waals surface area contributed by atoms with E-state index in [1.54, 1.807) is 13.2 Å². The Labute approximate surface area is 167 Å². The fourth-order valence-electron chi connectivity index (χ4n) is 3.51. The van der Waals surface area contributed by atoms with Gasteiger partial charge in [-0.3, -0.25) is 4.79 Å². The SMILES string of the molecule is CCC(Oc1cccc(OC)c1)C(=O)NC1CC(C)(C)Oc2cc(C)ccc21. The number of aryl methyl sites for hydroxylation is 1. The molecule has 150 valence electrons. The molecule has 2 atom stereocenters. The number of fused-ring (bicyclic) bond motifs is 1. The standard InChI is InChI=1S/C23H29NO4/c1-6-20(27-17-9-7-8-16(13-17)26-5)22(25)24-19-14-23(3,4)28-21-12-15(2)10-11-18(19)21/h7-13,19-20H,6,14H2,1-5H3,(H,24,25). The fourth-order valence-corrected chi connectivity index (χ4v) is 3.51. The molecule has 3 rings (SSSR count). The van der Waals surface area contributed by atoms with Gasteiger partial charge in [0.2, 0.25) is 0 Å². The van der Waals surface area contributed by atoms with Gasteiger partial charge >= 0.3 is 0 Å². The second kappa shape index (κ2) is 8.13. The number of ether oxygens (including phenoxy) is 3. The van der Waals surface area contributed by atoms with Crippen LogP contribution < -0.4 is 19.5 Å². The van der Waals surface area contributed by atoms with Gasteiger partial charge in [-0.1, -0.05) is 25.1 Å². The summed E-state index contributed by atoms with van der Waals surface area (Å²) in [6.45, 7) is 8.06. The minimum absolute atomic E-state index is 0.116. The van der Waals surface area contributed by atoms with Crippen molar-refractivity contribution in [3.05, 3.63) is 53.6 Å². The van der Waals surface area contributed by atoms with Crippen molar-refractivity contribution in [1.29, 1.82) is 0 Å². The van der Waals surface area contributed by atoms with E-state index in [0.717, 1.165) is 16.9 Å². The van der Waals surface area contributed by atoms with E-state index in [4.69, 9.17) is 14.2 Å². The van der Waals surface area contributed by atoms with Crippen molar-refractivity contribution in [3.63, 3.8) is 0 Å². The zero-order valence-electron chi connectivity index (χ0n) is 17.2. The van der Waals surface area contributed by atoms with Crippen LogP contribution in [-0.2, 0) is 4.79 Å². The Balaban J connectivity index is 1.77. The van der Waals surface area contributed by atoms with Crippen LogP contribution in [0.4, 0.5) is 0 Å². The summed E-state index contributed by atoms with van der Waals surface area (Å²) in [7, 11) is 1.61. The summed E-state index contributed by atoms with van der Waals surface area (Å²) in [5.74, 6) is 2.02. The molecule has 0 radical (unpaired) electrons. The summed E-state index contributed by atoms with van der Waals surface area (Å²) in [4.78, 5) is 13.0. The van der Waals surface area contributed by atoms with Crippen LogP contribution in [0, 0.1) is 6.92 Å². The van der Waals surface area contributed by atoms with Crippen LogP contribution in [0.25, 0.3) is 0 Å². The van der Waals surface area contributed by atoms with Crippen molar-refractivity contribution in [2.45, 2.75) is 58.3 Å². The lowest BCUT2D eigenvalue weighted by atomic mass is 9.89. The first-order valence-corrected chi connectivity index (χ1v) is 9.72. The second-order valence-electron chi connectivity index (χ2n) is 7.86. The van der Waals surface area contributed by atoms with Crippen molar-refractivity contribution in [3.8, 4) is 17.2 Å². The average molecular weight is 383 g/mol. The van der Waals surface area contributed by atoms with E-state index in [9.17, 15) is 4.79 Å². The van der Waals surface area contributed by atoms with Gasteiger partial charge in [-0.05, 0) is 51.0 Å². The Hall–Kier alpha value is -2.69. The molecular formula is C23H29NO4. The first kappa shape index (κ1) is 20.1. The lowest BCUT2D eigenvalue weighted by molar-refractivity contribution is -0.129. The number of methoxy groups -OCH3 is 1. The Bertz CT molecular complexity index is 846. The van der Waals surface area contributed by atoms with Crippen molar-refractivity contribution in [1.82, 2.24) is 5.32 Å². The Morgan fingerprint density at radius 1 is 1.25 bits per heavy atom. The highest BCUT2D eigenvalue weighted by molar-refractivity contribution is 5.81. The summed E-state index contributed by atoms with van der Waals surface area (Å²) in [6.07, 6.45) is 0.688. The van der Waals surface area contributed by atoms with Gasteiger partial charge in [-0.15, -0.1) is 0 Å². The third kappa shape index (κ3) is 4.58. The molecule has 2 aromatic rings. The van der Waals surface area contributed by atoms with Gasteiger partial charge in [0.1, 0.15) is 22.8 Å². The number of rotatable bonds is 6. The zero-order valence-corrected chi connectivity index (χ0v) is 17.2. The Morgan fingerprint density at radius 2 is 2.00 bits per heavy atom. The first-order valence-electron chi connectivity index (χ1n) is 9.72. The predicted molar refractivity (Wildman–Crippen MR) is 109 cm³/mol. The molecule has 0 aromatic heterocycles. The maximum Gasteiger partial charge on any atom is 0.261 e. The Kier molecular flexibility index (Phi) is 5.82. The lowest BCUT2D eigenvalue weighted by Gasteiger charge is -2.38. The molecule has 28 heavy (non-hydrogen) atoms. The maximum atomic E-state index is 13.0. The van der Waals surface area contributed by atoms with Crippen molar-refractivity contribution in [2.24, 2.45) is 0 Å². The molecule has 0 saturated heterocycles. The van der Waals surface area contributed by atoms with E-state index in [1.165, 1.54) is 0 Å². The number of carbonyl (C=O) groups is 1. The highest BCUT2D eigenvalue weighted by Crippen LogP contribution is 2.40. The van der Waals surface area contributed by atoms with Crippen molar-refractivity contribution < 1.29 is 19.0 Å². The van der Waals surface area contributed by atoms with Crippen LogP contribution in [0.5, 0.6) is 17.2 Å². The van der Waals surface area contributed by atoms with E-state index in [1.807, 2.05) is 64.1 Å². The van der Waals surface area contributed by atoms with E-state index in [2.05, 4.69) is 5.32 Å². The third-order valence-corrected chi connectivity index (χ3v) is 4.93. The van der Waals surface area contributed by atoms with Crippen LogP contribution in [0.1, 0.15) is 50.8 Å². The summed E-state index contributed by atoms with van der Waals surface area (Å²) < 4.78 is 17.3. The van der Waals surface area contributed by atoms with Gasteiger partial charge in [0.05, 0.1) is 13.2 Å². The van der Waals surface area contributed by atoms with Crippen molar-refractivity contribution in [2.75, 3.05) is 7.11 Å². The minimum Gasteiger partial charge on any atom is -0.497 e. The molecule has 0 saturated carbocycles. The summed E-state index contributed by atoms with van der Waals surface area (Å²) in [5, 5.41) is 3.17. The number of benzene rings is 2. The number of amides is 1. The number of hydrogen-bond acceptors (Lipinski definition) is 4. The first-order chi connectivity index (χ1) is 13.3. The van der Waals surface area contributed by atoms with Gasteiger partial charge in [0.25, 0.3) is 5.91 Å². The van der Waals surface area contributed by atoms with E-state index < -0.39 is 6.10 Å². The zero-order chi connectivity index (χ0) is 20.3. The van der Waals surface area contributed by atoms with Crippen LogP contribution in [0.3, 0.4) is 0 Å². The monoisotopic (exact) mass is 383 g/mol. The smallest absolute Gasteiger partial charge is 0.261 e. The maximum absolute atomic E-state index is 13.0. The molecule has 0 bridgehead atoms. The highest BCUT2D eigenvalue weighted by Gasteiger charge is 2.35. The normalized spacial score (nSPS) is 18.4. The molecular weight excluding hydrogens is 354 g/mol. The third-order valence-electron chi connectivity index (χ3n) is 4.93. The molecule has 1 heterocycles. The molecule has 0 aliphatic carbocycles. The molecule has 2 unspecified atom stereocenters. The van der Waals surface area contributed by atoms with Crippen molar-refractivity contribution >= 4 is 5.91 Å². The molecule has 1 N–H and O–H groups in total. The van der Waals surface area contributed by atoms with E-state index >= 15 is 0 Å². The molecule has 1 aliphatic rings. The second-order valence-corrected chi connectivity index (χ2v) is 7.86. The molecule has 2 aromatic carbocycles. The number of nitrogens with one attached hydrogen (secondary N) is 1. The van der Waals surface area contributed by atoms with E-state index in [-0.39, 0.29) is 17.6 Å². The van der Waals surface area contributed by atoms with Gasteiger partial charge in [0.15, 0.2) is 6.10 Å². The summed E-state index contributed by atoms with van der Waals surface area (Å²) >= 11 is 0. The number of carbonyl (C=O) groups excluding carboxylic acids is 1. The molecule has 1 amide bonds. The lowest BCUT2D eigenvalue weighted by Crippen LogP contribution is -2.45. The average Bonchev–Trinajstić information content (AvgIpc) is 2.64. The fraction of sp³-hybridized carbons (Fsp3) is 0.435. The van der Waals surface area contributed by atoms with Gasteiger partial charge in [0, 0.05) is 18.1 Å². The van der Waals surface area contributed by atoms with Gasteiger partial charge in [-0.25, -0.2) is 0 Å². The van der Waals surface area contributed by atoms with Gasteiger partial charge < -0.3 is 19.5 Å². The quantitative estimate of drug-likeness (QED) is 0.793. The van der Waals surface area contributed by atoms with Crippen LogP contribution in [0.2, 0.25) is 0 Å². The molecule has 0 spiro atoms. The summed E-state index contributed by atoms with van der Waals surface area (Å²) in [5.41, 5.74) is 1.79.